The van der Waals surface area contributed by atoms with Gasteiger partial charge in [0, 0.05) is 18.3 Å². The lowest BCUT2D eigenvalue weighted by molar-refractivity contribution is -0.167. The molecule has 3 nitrogen and oxygen atoms in total. The first-order valence-electron chi connectivity index (χ1n) is 11.3. The van der Waals surface area contributed by atoms with Crippen LogP contribution in [0.3, 0.4) is 0 Å². The van der Waals surface area contributed by atoms with Crippen molar-refractivity contribution in [3.8, 4) is 0 Å². The molecule has 6 aliphatic rings. The van der Waals surface area contributed by atoms with Crippen LogP contribution < -0.4 is 0 Å². The van der Waals surface area contributed by atoms with E-state index in [1.807, 2.05) is 6.08 Å². The predicted molar refractivity (Wildman–Crippen MR) is 104 cm³/mol. The van der Waals surface area contributed by atoms with E-state index >= 15 is 0 Å². The highest BCUT2D eigenvalue weighted by atomic mass is 16.7. The maximum atomic E-state index is 11.7. The Morgan fingerprint density at radius 2 is 1.96 bits per heavy atom. The molecule has 1 N–H and O–H groups in total. The van der Waals surface area contributed by atoms with Crippen molar-refractivity contribution in [3.63, 3.8) is 0 Å². The van der Waals surface area contributed by atoms with Gasteiger partial charge in [0.25, 0.3) is 0 Å². The van der Waals surface area contributed by atoms with Crippen molar-refractivity contribution in [2.45, 2.75) is 76.1 Å². The van der Waals surface area contributed by atoms with Gasteiger partial charge in [0.2, 0.25) is 0 Å². The Bertz CT molecular complexity index is 704. The lowest BCUT2D eigenvalue weighted by Gasteiger charge is -2.56. The van der Waals surface area contributed by atoms with Crippen LogP contribution in [0, 0.1) is 35.0 Å². The Morgan fingerprint density at radius 3 is 2.74 bits per heavy atom. The minimum absolute atomic E-state index is 0.0988. The molecule has 1 heterocycles. The molecular formula is C24H34O3. The van der Waals surface area contributed by atoms with E-state index < -0.39 is 5.60 Å². The van der Waals surface area contributed by atoms with Crippen LogP contribution in [0.25, 0.3) is 0 Å². The molecular weight excluding hydrogens is 336 g/mol. The van der Waals surface area contributed by atoms with Crippen molar-refractivity contribution in [2.24, 2.45) is 35.0 Å². The molecule has 5 aliphatic carbocycles. The number of hydrogen-bond acceptors (Lipinski definition) is 3. The van der Waals surface area contributed by atoms with Gasteiger partial charge in [-0.25, -0.2) is 0 Å². The fourth-order valence-corrected chi connectivity index (χ4v) is 8.67. The zero-order valence-corrected chi connectivity index (χ0v) is 16.7. The highest BCUT2D eigenvalue weighted by Crippen LogP contribution is 2.76. The fourth-order valence-electron chi connectivity index (χ4n) is 8.67. The largest absolute Gasteiger partial charge is 0.389 e. The van der Waals surface area contributed by atoms with Crippen molar-refractivity contribution in [2.75, 3.05) is 13.2 Å². The molecule has 0 amide bonds. The Hall–Kier alpha value is -0.640. The summed E-state index contributed by atoms with van der Waals surface area (Å²) in [5, 5.41) is 11.7. The van der Waals surface area contributed by atoms with Crippen molar-refractivity contribution in [1.29, 1.82) is 0 Å². The van der Waals surface area contributed by atoms with Crippen LogP contribution in [0.2, 0.25) is 0 Å². The molecule has 0 aromatic rings. The molecule has 1 spiro atoms. The van der Waals surface area contributed by atoms with Gasteiger partial charge in [0.15, 0.2) is 5.79 Å². The van der Waals surface area contributed by atoms with Gasteiger partial charge in [-0.15, -0.1) is 6.58 Å². The summed E-state index contributed by atoms with van der Waals surface area (Å²) in [6, 6.07) is 0. The third kappa shape index (κ3) is 2.09. The maximum absolute atomic E-state index is 11.7. The van der Waals surface area contributed by atoms with Crippen molar-refractivity contribution < 1.29 is 14.6 Å². The van der Waals surface area contributed by atoms with Gasteiger partial charge < -0.3 is 14.6 Å². The highest BCUT2D eigenvalue weighted by molar-refractivity contribution is 5.32. The zero-order chi connectivity index (χ0) is 18.4. The van der Waals surface area contributed by atoms with E-state index in [1.54, 1.807) is 11.1 Å². The summed E-state index contributed by atoms with van der Waals surface area (Å²) in [5.74, 6) is 3.29. The molecule has 0 aromatic carbocycles. The molecule has 3 heteroatoms. The molecule has 27 heavy (non-hydrogen) atoms. The molecule has 0 aromatic heterocycles. The van der Waals surface area contributed by atoms with E-state index in [-0.39, 0.29) is 11.2 Å². The first-order chi connectivity index (χ1) is 13.0. The van der Waals surface area contributed by atoms with Crippen molar-refractivity contribution in [3.05, 3.63) is 23.8 Å². The van der Waals surface area contributed by atoms with Crippen LogP contribution in [0.5, 0.6) is 0 Å². The van der Waals surface area contributed by atoms with Crippen LogP contribution in [0.1, 0.15) is 64.7 Å². The van der Waals surface area contributed by atoms with E-state index in [2.05, 4.69) is 13.5 Å². The number of rotatable bonds is 2. The Kier molecular flexibility index (Phi) is 3.50. The summed E-state index contributed by atoms with van der Waals surface area (Å²) in [5.41, 5.74) is 3.04. The standard InChI is InChI=1S/C24H34O3/c1-3-8-24(25)20-13-19(20)21-18-5-4-15-14-23(26-11-12-27-23)10-7-16(15)17(18)6-9-22(21,24)2/h3,17-21,25H,1,4-14H2,2H3/t17-,18-,19+,20-,21-,22+,24+/m1/s1. The van der Waals surface area contributed by atoms with Gasteiger partial charge in [0.05, 0.1) is 18.8 Å². The highest BCUT2D eigenvalue weighted by Gasteiger charge is 2.74. The molecule has 0 radical (unpaired) electrons. The Morgan fingerprint density at radius 1 is 1.15 bits per heavy atom. The van der Waals surface area contributed by atoms with E-state index in [9.17, 15) is 5.11 Å². The van der Waals surface area contributed by atoms with Crippen LogP contribution in [0.4, 0.5) is 0 Å². The second-order valence-electron chi connectivity index (χ2n) is 10.6. The second kappa shape index (κ2) is 5.49. The van der Waals surface area contributed by atoms with Crippen LogP contribution in [-0.2, 0) is 9.47 Å². The van der Waals surface area contributed by atoms with E-state index in [0.717, 1.165) is 56.1 Å². The third-order valence-electron chi connectivity index (χ3n) is 9.80. The van der Waals surface area contributed by atoms with E-state index in [0.29, 0.717) is 5.92 Å². The summed E-state index contributed by atoms with van der Waals surface area (Å²) >= 11 is 0. The topological polar surface area (TPSA) is 38.7 Å². The second-order valence-corrected chi connectivity index (χ2v) is 10.6. The monoisotopic (exact) mass is 370 g/mol. The van der Waals surface area contributed by atoms with E-state index in [1.165, 1.54) is 38.5 Å². The maximum Gasteiger partial charge on any atom is 0.172 e. The first-order valence-corrected chi connectivity index (χ1v) is 11.3. The summed E-state index contributed by atoms with van der Waals surface area (Å²) in [6.07, 6.45) is 12.2. The number of hydrogen-bond donors (Lipinski definition) is 1. The zero-order valence-electron chi connectivity index (χ0n) is 16.7. The summed E-state index contributed by atoms with van der Waals surface area (Å²) in [4.78, 5) is 0. The Labute approximate surface area is 163 Å². The van der Waals surface area contributed by atoms with Crippen LogP contribution >= 0.6 is 0 Å². The van der Waals surface area contributed by atoms with Gasteiger partial charge in [0.1, 0.15) is 0 Å². The van der Waals surface area contributed by atoms with Crippen molar-refractivity contribution >= 4 is 0 Å². The molecule has 1 saturated heterocycles. The number of allylic oxidation sites excluding steroid dienone is 1. The minimum atomic E-state index is -0.494. The van der Waals surface area contributed by atoms with Gasteiger partial charge in [-0.1, -0.05) is 24.1 Å². The van der Waals surface area contributed by atoms with Gasteiger partial charge in [-0.05, 0) is 74.5 Å². The molecule has 3 saturated carbocycles. The summed E-state index contributed by atoms with van der Waals surface area (Å²) < 4.78 is 12.1. The number of aliphatic hydroxyl groups is 1. The number of ether oxygens (including phenoxy) is 2. The number of fused-ring (bicyclic) bond motifs is 6. The summed E-state index contributed by atoms with van der Waals surface area (Å²) in [6.45, 7) is 7.92. The van der Waals surface area contributed by atoms with Crippen LogP contribution in [-0.4, -0.2) is 29.7 Å². The fraction of sp³-hybridized carbons (Fsp3) is 0.833. The van der Waals surface area contributed by atoms with Gasteiger partial charge >= 0.3 is 0 Å². The normalized spacial score (nSPS) is 52.1. The predicted octanol–water partition coefficient (Wildman–Crippen LogP) is 4.61. The molecule has 6 rings (SSSR count). The van der Waals surface area contributed by atoms with E-state index in [4.69, 9.17) is 9.47 Å². The molecule has 0 unspecified atom stereocenters. The molecule has 0 bridgehead atoms. The third-order valence-corrected chi connectivity index (χ3v) is 9.80. The average Bonchev–Trinajstić information content (AvgIpc) is 3.28. The average molecular weight is 371 g/mol. The molecule has 4 fully saturated rings. The lowest BCUT2D eigenvalue weighted by atomic mass is 9.50. The molecule has 7 atom stereocenters. The molecule has 148 valence electrons. The smallest absolute Gasteiger partial charge is 0.172 e. The minimum Gasteiger partial charge on any atom is -0.389 e. The first kappa shape index (κ1) is 17.2. The molecule has 1 aliphatic heterocycles. The van der Waals surface area contributed by atoms with Crippen molar-refractivity contribution in [1.82, 2.24) is 0 Å². The SMILES string of the molecule is C=CC[C@]1(O)[C@@H]2C[C@@H]2[C@H]2[C@@H]3CCC4=C(CCC5(C4)OCCO5)[C@H]3CC[C@@]21C. The Balaban J connectivity index is 1.31. The quantitative estimate of drug-likeness (QED) is 0.722. The lowest BCUT2D eigenvalue weighted by Crippen LogP contribution is -2.54. The van der Waals surface area contributed by atoms with Gasteiger partial charge in [-0.2, -0.15) is 0 Å². The van der Waals surface area contributed by atoms with Gasteiger partial charge in [-0.3, -0.25) is 0 Å². The van der Waals surface area contributed by atoms with Crippen LogP contribution in [0.15, 0.2) is 23.8 Å². The summed E-state index contributed by atoms with van der Waals surface area (Å²) in [7, 11) is 0.